The molecule has 0 aliphatic rings. The van der Waals surface area contributed by atoms with E-state index in [1.807, 2.05) is 0 Å². The van der Waals surface area contributed by atoms with Crippen molar-refractivity contribution in [3.05, 3.63) is 224 Å². The molecule has 0 radical (unpaired) electrons. The van der Waals surface area contributed by atoms with E-state index in [9.17, 15) is 0 Å². The lowest BCUT2D eigenvalue weighted by atomic mass is 9.85. The molecule has 0 saturated carbocycles. The van der Waals surface area contributed by atoms with Crippen molar-refractivity contribution in [2.24, 2.45) is 0 Å². The molecule has 0 heterocycles. The van der Waals surface area contributed by atoms with Gasteiger partial charge in [0.2, 0.25) is 0 Å². The predicted molar refractivity (Wildman–Crippen MR) is 245 cm³/mol. The van der Waals surface area contributed by atoms with E-state index in [0.29, 0.717) is 0 Å². The maximum atomic E-state index is 2.48. The Bertz CT molecular complexity index is 3290. The summed E-state index contributed by atoms with van der Waals surface area (Å²) in [6, 6.07) is 82.2. The van der Waals surface area contributed by atoms with Gasteiger partial charge in [0.25, 0.3) is 0 Å². The first-order valence-electron chi connectivity index (χ1n) is 19.7. The van der Waals surface area contributed by atoms with Crippen molar-refractivity contribution in [2.45, 2.75) is 0 Å². The van der Waals surface area contributed by atoms with E-state index >= 15 is 0 Å². The number of hydrogen-bond donors (Lipinski definition) is 0. The standard InChI is InChI=1S/C56H37N/c1-3-17-39(18-4-1)55-52-29-14-12-27-49(52)50-33-32-46(37-53(50)56(55)40-19-5-2-6-20-40)57(54-36-44-22-9-10-25-47(44)48-26-11-13-28-51(48)54)45-24-15-23-42(35-45)43-31-30-38-16-7-8-21-41(38)34-43/h1-37H. The van der Waals surface area contributed by atoms with Crippen LogP contribution >= 0.6 is 0 Å². The van der Waals surface area contributed by atoms with Crippen LogP contribution in [-0.2, 0) is 0 Å². The molecule has 57 heavy (non-hydrogen) atoms. The second-order valence-electron chi connectivity index (χ2n) is 14.9. The molecular formula is C56H37N. The van der Waals surface area contributed by atoms with Gasteiger partial charge in [-0.25, -0.2) is 0 Å². The molecule has 0 N–H and O–H groups in total. The summed E-state index contributed by atoms with van der Waals surface area (Å²) in [5.74, 6) is 0. The Morgan fingerprint density at radius 1 is 0.228 bits per heavy atom. The SMILES string of the molecule is c1ccc(-c2c(-c3ccccc3)c3cc(N(c4cccc(-c5ccc6ccccc6c5)c4)c4cc5ccccc5c5ccccc45)ccc3c3ccccc23)cc1. The minimum Gasteiger partial charge on any atom is -0.310 e. The number of anilines is 3. The van der Waals surface area contributed by atoms with E-state index in [1.54, 1.807) is 0 Å². The average Bonchev–Trinajstić information content (AvgIpc) is 3.29. The summed E-state index contributed by atoms with van der Waals surface area (Å²) >= 11 is 0. The van der Waals surface area contributed by atoms with Crippen LogP contribution in [0.2, 0.25) is 0 Å². The predicted octanol–water partition coefficient (Wildman–Crippen LogP) is 15.9. The van der Waals surface area contributed by atoms with Crippen molar-refractivity contribution < 1.29 is 0 Å². The molecule has 0 saturated heterocycles. The van der Waals surface area contributed by atoms with Gasteiger partial charge in [0.05, 0.1) is 5.69 Å². The third kappa shape index (κ3) is 5.63. The van der Waals surface area contributed by atoms with E-state index < -0.39 is 0 Å². The smallest absolute Gasteiger partial charge is 0.0546 e. The fourth-order valence-electron chi connectivity index (χ4n) is 8.97. The van der Waals surface area contributed by atoms with Crippen LogP contribution in [-0.4, -0.2) is 0 Å². The molecule has 11 aromatic carbocycles. The molecule has 1 nitrogen and oxygen atoms in total. The maximum Gasteiger partial charge on any atom is 0.0546 e. The van der Waals surface area contributed by atoms with E-state index in [2.05, 4.69) is 229 Å². The third-order valence-electron chi connectivity index (χ3n) is 11.6. The molecule has 0 aromatic heterocycles. The Labute approximate surface area is 332 Å². The van der Waals surface area contributed by atoms with Gasteiger partial charge in [0.15, 0.2) is 0 Å². The first kappa shape index (κ1) is 32.9. The summed E-state index contributed by atoms with van der Waals surface area (Å²) in [5, 5.41) is 12.4. The number of nitrogens with zero attached hydrogens (tertiary/aromatic N) is 1. The van der Waals surface area contributed by atoms with Crippen LogP contribution in [0.5, 0.6) is 0 Å². The Morgan fingerprint density at radius 3 is 1.47 bits per heavy atom. The Hall–Kier alpha value is -7.48. The Balaban J connectivity index is 1.23. The molecular weight excluding hydrogens is 687 g/mol. The quantitative estimate of drug-likeness (QED) is 0.154. The molecule has 0 bridgehead atoms. The van der Waals surface area contributed by atoms with Gasteiger partial charge in [-0.3, -0.25) is 0 Å². The van der Waals surface area contributed by atoms with Crippen molar-refractivity contribution in [3.8, 4) is 33.4 Å². The van der Waals surface area contributed by atoms with Crippen LogP contribution in [0.1, 0.15) is 0 Å². The fourth-order valence-corrected chi connectivity index (χ4v) is 8.97. The van der Waals surface area contributed by atoms with Crippen LogP contribution < -0.4 is 4.90 Å². The fraction of sp³-hybridized carbons (Fsp3) is 0. The molecule has 266 valence electrons. The number of benzene rings is 11. The summed E-state index contributed by atoms with van der Waals surface area (Å²) in [7, 11) is 0. The van der Waals surface area contributed by atoms with Crippen molar-refractivity contribution >= 4 is 70.9 Å². The van der Waals surface area contributed by atoms with Gasteiger partial charge in [0, 0.05) is 16.8 Å². The molecule has 0 spiro atoms. The van der Waals surface area contributed by atoms with Crippen molar-refractivity contribution in [2.75, 3.05) is 4.90 Å². The zero-order chi connectivity index (χ0) is 37.7. The normalized spacial score (nSPS) is 11.5. The third-order valence-corrected chi connectivity index (χ3v) is 11.6. The van der Waals surface area contributed by atoms with Crippen molar-refractivity contribution in [1.29, 1.82) is 0 Å². The lowest BCUT2D eigenvalue weighted by Crippen LogP contribution is -2.11. The van der Waals surface area contributed by atoms with Gasteiger partial charge in [-0.15, -0.1) is 0 Å². The summed E-state index contributed by atoms with van der Waals surface area (Å²) in [5.41, 5.74) is 10.6. The average molecular weight is 724 g/mol. The first-order chi connectivity index (χ1) is 28.3. The van der Waals surface area contributed by atoms with Crippen LogP contribution in [0.4, 0.5) is 17.1 Å². The lowest BCUT2D eigenvalue weighted by Gasteiger charge is -2.29. The van der Waals surface area contributed by atoms with Gasteiger partial charge in [0.1, 0.15) is 0 Å². The van der Waals surface area contributed by atoms with Gasteiger partial charge in [-0.05, 0) is 118 Å². The van der Waals surface area contributed by atoms with E-state index in [-0.39, 0.29) is 0 Å². The second-order valence-corrected chi connectivity index (χ2v) is 14.9. The highest BCUT2D eigenvalue weighted by atomic mass is 15.1. The Morgan fingerprint density at radius 2 is 0.737 bits per heavy atom. The van der Waals surface area contributed by atoms with Gasteiger partial charge in [-0.2, -0.15) is 0 Å². The van der Waals surface area contributed by atoms with Gasteiger partial charge in [-0.1, -0.05) is 188 Å². The summed E-state index contributed by atoms with van der Waals surface area (Å²) in [6.07, 6.45) is 0. The summed E-state index contributed by atoms with van der Waals surface area (Å²) in [4.78, 5) is 2.48. The van der Waals surface area contributed by atoms with Crippen LogP contribution in [0.15, 0.2) is 224 Å². The second kappa shape index (κ2) is 13.7. The molecule has 0 atom stereocenters. The molecule has 0 fully saturated rings. The first-order valence-corrected chi connectivity index (χ1v) is 19.7. The van der Waals surface area contributed by atoms with Crippen LogP contribution in [0, 0.1) is 0 Å². The van der Waals surface area contributed by atoms with Crippen molar-refractivity contribution in [1.82, 2.24) is 0 Å². The molecule has 0 unspecified atom stereocenters. The van der Waals surface area contributed by atoms with Crippen LogP contribution in [0.3, 0.4) is 0 Å². The van der Waals surface area contributed by atoms with Gasteiger partial charge < -0.3 is 4.90 Å². The minimum absolute atomic E-state index is 1.10. The molecule has 1 heteroatoms. The van der Waals surface area contributed by atoms with Crippen molar-refractivity contribution in [3.63, 3.8) is 0 Å². The lowest BCUT2D eigenvalue weighted by molar-refractivity contribution is 1.31. The van der Waals surface area contributed by atoms with E-state index in [1.165, 1.54) is 87.2 Å². The molecule has 0 aliphatic carbocycles. The molecule has 0 amide bonds. The zero-order valence-corrected chi connectivity index (χ0v) is 31.3. The molecule has 11 aromatic rings. The monoisotopic (exact) mass is 723 g/mol. The highest BCUT2D eigenvalue weighted by Crippen LogP contribution is 2.48. The number of fused-ring (bicyclic) bond motifs is 7. The summed E-state index contributed by atoms with van der Waals surface area (Å²) in [6.45, 7) is 0. The largest absolute Gasteiger partial charge is 0.310 e. The summed E-state index contributed by atoms with van der Waals surface area (Å²) < 4.78 is 0. The van der Waals surface area contributed by atoms with Crippen LogP contribution in [0.25, 0.3) is 87.2 Å². The van der Waals surface area contributed by atoms with E-state index in [0.717, 1.165) is 17.1 Å². The zero-order valence-electron chi connectivity index (χ0n) is 31.3. The van der Waals surface area contributed by atoms with Gasteiger partial charge >= 0.3 is 0 Å². The number of rotatable bonds is 6. The molecule has 11 rings (SSSR count). The number of hydrogen-bond acceptors (Lipinski definition) is 1. The Kier molecular flexibility index (Phi) is 7.89. The highest BCUT2D eigenvalue weighted by molar-refractivity contribution is 6.22. The minimum atomic E-state index is 1.10. The maximum absolute atomic E-state index is 2.48. The molecule has 0 aliphatic heterocycles. The van der Waals surface area contributed by atoms with E-state index in [4.69, 9.17) is 0 Å². The topological polar surface area (TPSA) is 3.24 Å². The highest BCUT2D eigenvalue weighted by Gasteiger charge is 2.22.